The molecule has 2 aromatic rings. The first-order valence-electron chi connectivity index (χ1n) is 3.64. The Hall–Kier alpha value is -0.870. The van der Waals surface area contributed by atoms with Crippen LogP contribution in [0.5, 0.6) is 0 Å². The number of nitrogens with two attached hydrogens (primary N) is 1. The highest BCUT2D eigenvalue weighted by atomic mass is 79.9. The first-order valence-corrected chi connectivity index (χ1v) is 4.43. The van der Waals surface area contributed by atoms with Gasteiger partial charge >= 0.3 is 0 Å². The van der Waals surface area contributed by atoms with Gasteiger partial charge in [0, 0.05) is 16.4 Å². The highest BCUT2D eigenvalue weighted by Gasteiger charge is 2.02. The molecule has 0 aliphatic rings. The van der Waals surface area contributed by atoms with E-state index in [1.54, 1.807) is 0 Å². The largest absolute Gasteiger partial charge is 0.325 e. The zero-order chi connectivity index (χ0) is 8.55. The minimum atomic E-state index is 0.474. The van der Waals surface area contributed by atoms with Crippen LogP contribution in [-0.2, 0) is 6.54 Å². The molecule has 0 bridgehead atoms. The summed E-state index contributed by atoms with van der Waals surface area (Å²) in [6, 6.07) is 5.98. The van der Waals surface area contributed by atoms with Gasteiger partial charge in [-0.15, -0.1) is 0 Å². The number of nitrogens with zero attached hydrogens (tertiary/aromatic N) is 1. The molecule has 2 rings (SSSR count). The van der Waals surface area contributed by atoms with Crippen LogP contribution < -0.4 is 5.73 Å². The van der Waals surface area contributed by atoms with Crippen LogP contribution in [-0.4, -0.2) is 10.2 Å². The minimum Gasteiger partial charge on any atom is -0.325 e. The van der Waals surface area contributed by atoms with Gasteiger partial charge in [-0.25, -0.2) is 0 Å². The van der Waals surface area contributed by atoms with E-state index >= 15 is 0 Å². The summed E-state index contributed by atoms with van der Waals surface area (Å²) >= 11 is 3.38. The number of rotatable bonds is 1. The molecule has 1 aromatic carbocycles. The standard InChI is InChI=1S/C8H8BrN3/c9-5-1-2-6-7(3-5)11-12-8(6)4-10/h1-3H,4,10H2,(H,11,12). The second kappa shape index (κ2) is 2.88. The Morgan fingerprint density at radius 1 is 1.50 bits per heavy atom. The van der Waals surface area contributed by atoms with Gasteiger partial charge in [-0.1, -0.05) is 15.9 Å². The lowest BCUT2D eigenvalue weighted by atomic mass is 10.2. The average Bonchev–Trinajstić information content (AvgIpc) is 2.46. The summed E-state index contributed by atoms with van der Waals surface area (Å²) in [5, 5.41) is 8.10. The van der Waals surface area contributed by atoms with Crippen molar-refractivity contribution < 1.29 is 0 Å². The maximum absolute atomic E-state index is 5.50. The van der Waals surface area contributed by atoms with E-state index in [0.717, 1.165) is 21.1 Å². The number of H-pyrrole nitrogens is 1. The molecule has 0 atom stereocenters. The van der Waals surface area contributed by atoms with E-state index < -0.39 is 0 Å². The number of aromatic nitrogens is 2. The molecule has 3 N–H and O–H groups in total. The summed E-state index contributed by atoms with van der Waals surface area (Å²) in [4.78, 5) is 0. The summed E-state index contributed by atoms with van der Waals surface area (Å²) < 4.78 is 1.04. The van der Waals surface area contributed by atoms with E-state index in [4.69, 9.17) is 5.73 Å². The van der Waals surface area contributed by atoms with Crippen molar-refractivity contribution in [1.29, 1.82) is 0 Å². The minimum absolute atomic E-state index is 0.474. The number of aromatic amines is 1. The molecule has 0 saturated carbocycles. The lowest BCUT2D eigenvalue weighted by molar-refractivity contribution is 0.959. The van der Waals surface area contributed by atoms with Crippen molar-refractivity contribution in [3.05, 3.63) is 28.4 Å². The maximum atomic E-state index is 5.50. The summed E-state index contributed by atoms with van der Waals surface area (Å²) in [5.41, 5.74) is 7.44. The molecule has 0 amide bonds. The maximum Gasteiger partial charge on any atom is 0.0836 e. The Bertz CT molecular complexity index is 408. The Kier molecular flexibility index (Phi) is 1.86. The smallest absolute Gasteiger partial charge is 0.0836 e. The number of benzene rings is 1. The predicted octanol–water partition coefficient (Wildman–Crippen LogP) is 1.78. The van der Waals surface area contributed by atoms with Gasteiger partial charge in [-0.2, -0.15) is 5.10 Å². The monoisotopic (exact) mass is 225 g/mol. The Balaban J connectivity index is 2.73. The number of hydrogen-bond acceptors (Lipinski definition) is 2. The Morgan fingerprint density at radius 2 is 2.33 bits per heavy atom. The van der Waals surface area contributed by atoms with E-state index in [2.05, 4.69) is 26.1 Å². The highest BCUT2D eigenvalue weighted by molar-refractivity contribution is 9.10. The highest BCUT2D eigenvalue weighted by Crippen LogP contribution is 2.19. The van der Waals surface area contributed by atoms with Crippen molar-refractivity contribution >= 4 is 26.8 Å². The summed E-state index contributed by atoms with van der Waals surface area (Å²) in [6.07, 6.45) is 0. The molecule has 0 fully saturated rings. The van der Waals surface area contributed by atoms with E-state index in [-0.39, 0.29) is 0 Å². The molecule has 0 saturated heterocycles. The molecule has 62 valence electrons. The van der Waals surface area contributed by atoms with Gasteiger partial charge in [-0.3, -0.25) is 5.10 Å². The molecule has 12 heavy (non-hydrogen) atoms. The van der Waals surface area contributed by atoms with E-state index in [1.165, 1.54) is 0 Å². The van der Waals surface area contributed by atoms with Gasteiger partial charge in [0.15, 0.2) is 0 Å². The number of nitrogens with one attached hydrogen (secondary N) is 1. The third-order valence-electron chi connectivity index (χ3n) is 1.80. The van der Waals surface area contributed by atoms with Crippen molar-refractivity contribution in [2.45, 2.75) is 6.54 Å². The van der Waals surface area contributed by atoms with Gasteiger partial charge in [-0.05, 0) is 18.2 Å². The van der Waals surface area contributed by atoms with Gasteiger partial charge in [0.1, 0.15) is 0 Å². The van der Waals surface area contributed by atoms with Crippen LogP contribution in [0, 0.1) is 0 Å². The lowest BCUT2D eigenvalue weighted by Gasteiger charge is -1.91. The van der Waals surface area contributed by atoms with Gasteiger partial charge in [0.2, 0.25) is 0 Å². The molecule has 4 heteroatoms. The van der Waals surface area contributed by atoms with Crippen LogP contribution >= 0.6 is 15.9 Å². The molecular weight excluding hydrogens is 218 g/mol. The van der Waals surface area contributed by atoms with Crippen molar-refractivity contribution in [3.8, 4) is 0 Å². The van der Waals surface area contributed by atoms with E-state index in [1.807, 2.05) is 18.2 Å². The SMILES string of the molecule is NCc1n[nH]c2cc(Br)ccc12. The quantitative estimate of drug-likeness (QED) is 0.778. The van der Waals surface area contributed by atoms with Crippen LogP contribution in [0.3, 0.4) is 0 Å². The number of fused-ring (bicyclic) bond motifs is 1. The van der Waals surface area contributed by atoms with Gasteiger partial charge < -0.3 is 5.73 Å². The molecule has 0 aliphatic heterocycles. The molecule has 0 unspecified atom stereocenters. The number of halogens is 1. The Morgan fingerprint density at radius 3 is 3.08 bits per heavy atom. The fourth-order valence-electron chi connectivity index (χ4n) is 1.20. The van der Waals surface area contributed by atoms with Crippen molar-refractivity contribution in [2.24, 2.45) is 5.73 Å². The second-order valence-corrected chi connectivity index (χ2v) is 3.48. The predicted molar refractivity (Wildman–Crippen MR) is 51.7 cm³/mol. The van der Waals surface area contributed by atoms with Gasteiger partial charge in [0.05, 0.1) is 11.2 Å². The zero-order valence-electron chi connectivity index (χ0n) is 6.34. The van der Waals surface area contributed by atoms with Gasteiger partial charge in [0.25, 0.3) is 0 Å². The molecule has 3 nitrogen and oxygen atoms in total. The third-order valence-corrected chi connectivity index (χ3v) is 2.29. The summed E-state index contributed by atoms with van der Waals surface area (Å²) in [5.74, 6) is 0. The average molecular weight is 226 g/mol. The molecule has 1 heterocycles. The lowest BCUT2D eigenvalue weighted by Crippen LogP contribution is -1.96. The molecule has 0 spiro atoms. The topological polar surface area (TPSA) is 54.7 Å². The summed E-state index contributed by atoms with van der Waals surface area (Å²) in [7, 11) is 0. The summed E-state index contributed by atoms with van der Waals surface area (Å²) in [6.45, 7) is 0.474. The molecule has 0 aliphatic carbocycles. The third kappa shape index (κ3) is 1.13. The van der Waals surface area contributed by atoms with E-state index in [9.17, 15) is 0 Å². The van der Waals surface area contributed by atoms with Crippen molar-refractivity contribution in [3.63, 3.8) is 0 Å². The van der Waals surface area contributed by atoms with Crippen LogP contribution in [0.25, 0.3) is 10.9 Å². The van der Waals surface area contributed by atoms with Crippen LogP contribution in [0.4, 0.5) is 0 Å². The van der Waals surface area contributed by atoms with Crippen LogP contribution in [0.15, 0.2) is 22.7 Å². The van der Waals surface area contributed by atoms with Crippen LogP contribution in [0.1, 0.15) is 5.69 Å². The first kappa shape index (κ1) is 7.76. The fourth-order valence-corrected chi connectivity index (χ4v) is 1.57. The Labute approximate surface area is 78.1 Å². The molecule has 1 aromatic heterocycles. The van der Waals surface area contributed by atoms with Crippen molar-refractivity contribution in [2.75, 3.05) is 0 Å². The van der Waals surface area contributed by atoms with E-state index in [0.29, 0.717) is 6.54 Å². The fraction of sp³-hybridized carbons (Fsp3) is 0.125. The second-order valence-electron chi connectivity index (χ2n) is 2.56. The normalized spacial score (nSPS) is 10.8. The molecular formula is C8H8BrN3. The number of hydrogen-bond donors (Lipinski definition) is 2. The van der Waals surface area contributed by atoms with Crippen molar-refractivity contribution in [1.82, 2.24) is 10.2 Å². The molecule has 0 radical (unpaired) electrons. The van der Waals surface area contributed by atoms with Crippen LogP contribution in [0.2, 0.25) is 0 Å². The zero-order valence-corrected chi connectivity index (χ0v) is 7.93. The first-order chi connectivity index (χ1) is 5.81.